The van der Waals surface area contributed by atoms with Gasteiger partial charge in [-0.1, -0.05) is 0 Å². The number of hydrogen-bond donors (Lipinski definition) is 5. The fourth-order valence-electron chi connectivity index (χ4n) is 1.30. The van der Waals surface area contributed by atoms with Gasteiger partial charge < -0.3 is 20.5 Å². The number of H-pyrrole nitrogens is 2. The van der Waals surface area contributed by atoms with Crippen LogP contribution < -0.4 is 16.6 Å². The predicted octanol–water partition coefficient (Wildman–Crippen LogP) is -1.93. The molecule has 7 heteroatoms. The van der Waals surface area contributed by atoms with Crippen LogP contribution in [0.1, 0.15) is 18.1 Å². The summed E-state index contributed by atoms with van der Waals surface area (Å²) >= 11 is 0. The molecule has 0 aliphatic rings. The molecule has 0 amide bonds. The molecule has 0 fully saturated rings. The molecular weight excluding hydrogens is 214 g/mol. The third-order valence-electron chi connectivity index (χ3n) is 2.22. The smallest absolute Gasteiger partial charge is 0.325 e. The number of aliphatic hydroxyl groups is 2. The minimum Gasteiger partial charge on any atom is -0.390 e. The Labute approximate surface area is 91.2 Å². The van der Waals surface area contributed by atoms with Gasteiger partial charge in [0.2, 0.25) is 0 Å². The number of rotatable bonds is 5. The van der Waals surface area contributed by atoms with Gasteiger partial charge in [0.25, 0.3) is 5.56 Å². The van der Waals surface area contributed by atoms with Gasteiger partial charge in [0.05, 0.1) is 11.7 Å². The fourth-order valence-corrected chi connectivity index (χ4v) is 1.30. The van der Waals surface area contributed by atoms with E-state index in [1.54, 1.807) is 7.05 Å². The summed E-state index contributed by atoms with van der Waals surface area (Å²) in [6, 6.07) is 0. The van der Waals surface area contributed by atoms with Gasteiger partial charge in [-0.25, -0.2) is 4.79 Å². The lowest BCUT2D eigenvalue weighted by Crippen LogP contribution is -2.31. The largest absolute Gasteiger partial charge is 0.390 e. The molecule has 0 saturated carbocycles. The van der Waals surface area contributed by atoms with Gasteiger partial charge >= 0.3 is 5.69 Å². The molecule has 0 radical (unpaired) electrons. The van der Waals surface area contributed by atoms with E-state index in [9.17, 15) is 19.8 Å². The van der Waals surface area contributed by atoms with Gasteiger partial charge in [-0.3, -0.25) is 9.78 Å². The molecule has 0 bridgehead atoms. The third kappa shape index (κ3) is 3.02. The highest BCUT2D eigenvalue weighted by atomic mass is 16.3. The lowest BCUT2D eigenvalue weighted by atomic mass is 10.1. The first-order chi connectivity index (χ1) is 7.56. The summed E-state index contributed by atoms with van der Waals surface area (Å²) in [4.78, 5) is 26.3. The van der Waals surface area contributed by atoms with Crippen LogP contribution in [0.15, 0.2) is 15.8 Å². The van der Waals surface area contributed by atoms with Crippen LogP contribution in [0.3, 0.4) is 0 Å². The summed E-state index contributed by atoms with van der Waals surface area (Å²) in [5.74, 6) is 0. The molecule has 1 rings (SSSR count). The maximum atomic E-state index is 11.3. The molecule has 0 aliphatic carbocycles. The highest BCUT2D eigenvalue weighted by Crippen LogP contribution is 2.13. The van der Waals surface area contributed by atoms with Gasteiger partial charge in [0.15, 0.2) is 0 Å². The quantitative estimate of drug-likeness (QED) is 0.403. The minimum absolute atomic E-state index is 0.0526. The standard InChI is InChI=1S/C9H15N3O4/c1-10-3-2-6(13)7(14)5-4-11-9(16)12-8(5)15/h4,6-7,10,13-14H,2-3H2,1H3,(H2,11,12,15,16). The highest BCUT2D eigenvalue weighted by molar-refractivity contribution is 5.08. The van der Waals surface area contributed by atoms with Crippen molar-refractivity contribution in [1.29, 1.82) is 0 Å². The Balaban J connectivity index is 2.83. The molecule has 0 spiro atoms. The Kier molecular flexibility index (Phi) is 4.41. The second kappa shape index (κ2) is 5.59. The molecule has 1 aromatic heterocycles. The zero-order valence-corrected chi connectivity index (χ0v) is 8.86. The third-order valence-corrected chi connectivity index (χ3v) is 2.22. The Morgan fingerprint density at radius 3 is 2.69 bits per heavy atom. The van der Waals surface area contributed by atoms with Crippen LogP contribution in [0, 0.1) is 0 Å². The van der Waals surface area contributed by atoms with E-state index in [2.05, 4.69) is 10.3 Å². The first-order valence-electron chi connectivity index (χ1n) is 4.89. The Bertz CT molecular complexity index is 439. The normalized spacial score (nSPS) is 14.7. The monoisotopic (exact) mass is 229 g/mol. The molecule has 2 atom stereocenters. The number of aromatic nitrogens is 2. The summed E-state index contributed by atoms with van der Waals surface area (Å²) in [6.45, 7) is 0.513. The van der Waals surface area contributed by atoms with E-state index in [4.69, 9.17) is 0 Å². The Morgan fingerprint density at radius 2 is 2.12 bits per heavy atom. The summed E-state index contributed by atoms with van der Waals surface area (Å²) in [5.41, 5.74) is -1.39. The van der Waals surface area contributed by atoms with Crippen molar-refractivity contribution >= 4 is 0 Å². The lowest BCUT2D eigenvalue weighted by Gasteiger charge is -2.16. The first kappa shape index (κ1) is 12.6. The number of nitrogens with one attached hydrogen (secondary N) is 3. The van der Waals surface area contributed by atoms with Crippen LogP contribution >= 0.6 is 0 Å². The maximum absolute atomic E-state index is 11.3. The number of aromatic amines is 2. The van der Waals surface area contributed by atoms with Crippen molar-refractivity contribution in [3.63, 3.8) is 0 Å². The molecule has 0 aliphatic heterocycles. The summed E-state index contributed by atoms with van der Waals surface area (Å²) in [7, 11) is 1.71. The van der Waals surface area contributed by atoms with Crippen LogP contribution in [-0.4, -0.2) is 39.9 Å². The van der Waals surface area contributed by atoms with Crippen molar-refractivity contribution in [2.45, 2.75) is 18.6 Å². The Hall–Kier alpha value is -1.44. The molecule has 0 saturated heterocycles. The first-order valence-corrected chi connectivity index (χ1v) is 4.89. The summed E-state index contributed by atoms with van der Waals surface area (Å²) in [6.07, 6.45) is -0.960. The van der Waals surface area contributed by atoms with Gasteiger partial charge in [-0.05, 0) is 20.0 Å². The molecule has 2 unspecified atom stereocenters. The van der Waals surface area contributed by atoms with Crippen LogP contribution in [0.5, 0.6) is 0 Å². The number of aliphatic hydroxyl groups excluding tert-OH is 2. The molecular formula is C9H15N3O4. The van der Waals surface area contributed by atoms with Crippen molar-refractivity contribution in [2.24, 2.45) is 0 Å². The van der Waals surface area contributed by atoms with E-state index in [-0.39, 0.29) is 5.56 Å². The number of hydrogen-bond acceptors (Lipinski definition) is 5. The molecule has 90 valence electrons. The average molecular weight is 229 g/mol. The molecule has 1 heterocycles. The van der Waals surface area contributed by atoms with Crippen LogP contribution in [-0.2, 0) is 0 Å². The molecule has 16 heavy (non-hydrogen) atoms. The summed E-state index contributed by atoms with van der Waals surface area (Å²) in [5, 5.41) is 22.0. The van der Waals surface area contributed by atoms with E-state index in [0.29, 0.717) is 13.0 Å². The van der Waals surface area contributed by atoms with Gasteiger partial charge in [-0.2, -0.15) is 0 Å². The minimum atomic E-state index is -1.31. The van der Waals surface area contributed by atoms with Gasteiger partial charge in [0, 0.05) is 6.20 Å². The molecule has 7 nitrogen and oxygen atoms in total. The molecule has 1 aromatic rings. The van der Waals surface area contributed by atoms with Crippen LogP contribution in [0.4, 0.5) is 0 Å². The predicted molar refractivity (Wildman–Crippen MR) is 57.2 cm³/mol. The van der Waals surface area contributed by atoms with Crippen molar-refractivity contribution in [2.75, 3.05) is 13.6 Å². The SMILES string of the molecule is CNCCC(O)C(O)c1c[nH]c(=O)[nH]c1=O. The highest BCUT2D eigenvalue weighted by Gasteiger charge is 2.20. The van der Waals surface area contributed by atoms with E-state index in [1.165, 1.54) is 0 Å². The second-order valence-electron chi connectivity index (χ2n) is 3.43. The lowest BCUT2D eigenvalue weighted by molar-refractivity contribution is 0.0129. The van der Waals surface area contributed by atoms with E-state index in [1.807, 2.05) is 4.98 Å². The fraction of sp³-hybridized carbons (Fsp3) is 0.556. The van der Waals surface area contributed by atoms with Gasteiger partial charge in [-0.15, -0.1) is 0 Å². The van der Waals surface area contributed by atoms with Crippen LogP contribution in [0.2, 0.25) is 0 Å². The van der Waals surface area contributed by atoms with E-state index >= 15 is 0 Å². The van der Waals surface area contributed by atoms with Crippen LogP contribution in [0.25, 0.3) is 0 Å². The van der Waals surface area contributed by atoms with Crippen molar-refractivity contribution < 1.29 is 10.2 Å². The summed E-state index contributed by atoms with van der Waals surface area (Å²) < 4.78 is 0. The molecule has 0 aromatic carbocycles. The van der Waals surface area contributed by atoms with Gasteiger partial charge in [0.1, 0.15) is 6.10 Å². The average Bonchev–Trinajstić information content (AvgIpc) is 2.25. The second-order valence-corrected chi connectivity index (χ2v) is 3.43. The van der Waals surface area contributed by atoms with Crippen molar-refractivity contribution in [3.05, 3.63) is 32.6 Å². The topological polar surface area (TPSA) is 118 Å². The van der Waals surface area contributed by atoms with Crippen molar-refractivity contribution in [1.82, 2.24) is 15.3 Å². The Morgan fingerprint density at radius 1 is 1.44 bits per heavy atom. The maximum Gasteiger partial charge on any atom is 0.325 e. The van der Waals surface area contributed by atoms with Crippen molar-refractivity contribution in [3.8, 4) is 0 Å². The zero-order valence-electron chi connectivity index (χ0n) is 8.86. The molecule has 5 N–H and O–H groups in total. The van der Waals surface area contributed by atoms with E-state index < -0.39 is 23.5 Å². The zero-order chi connectivity index (χ0) is 12.1. The van der Waals surface area contributed by atoms with E-state index in [0.717, 1.165) is 6.20 Å².